The summed E-state index contributed by atoms with van der Waals surface area (Å²) in [5.74, 6) is 0.895. The molecule has 7 nitrogen and oxygen atoms in total. The number of carbonyl (C=O) groups excluding carboxylic acids is 1. The number of nitrogens with zero attached hydrogens (tertiary/aromatic N) is 5. The maximum atomic E-state index is 11.9. The first kappa shape index (κ1) is 17.8. The van der Waals surface area contributed by atoms with Crippen molar-refractivity contribution in [1.29, 1.82) is 10.5 Å². The number of benzene rings is 2. The summed E-state index contributed by atoms with van der Waals surface area (Å²) < 4.78 is 5.72. The van der Waals surface area contributed by atoms with Crippen LogP contribution >= 0.6 is 0 Å². The Morgan fingerprint density at radius 2 is 1.78 bits per heavy atom. The molecule has 0 saturated carbocycles. The summed E-state index contributed by atoms with van der Waals surface area (Å²) in [4.78, 5) is 16.2. The normalized spacial score (nSPS) is 16.1. The summed E-state index contributed by atoms with van der Waals surface area (Å²) >= 11 is 0. The van der Waals surface area contributed by atoms with Gasteiger partial charge in [0, 0.05) is 13.3 Å². The molecule has 0 bridgehead atoms. The Hall–Kier alpha value is -3.97. The van der Waals surface area contributed by atoms with Crippen molar-refractivity contribution in [1.82, 2.24) is 5.01 Å². The zero-order chi connectivity index (χ0) is 19.4. The molecule has 0 fully saturated rings. The number of carbonyl (C=O) groups is 1. The topological polar surface area (TPSA) is 102 Å². The lowest BCUT2D eigenvalue weighted by Gasteiger charge is -2.07. The third-order valence-electron chi connectivity index (χ3n) is 3.98. The number of hydrogen-bond donors (Lipinski definition) is 0. The summed E-state index contributed by atoms with van der Waals surface area (Å²) in [6.07, 6.45) is 1.63. The molecule has 132 valence electrons. The lowest BCUT2D eigenvalue weighted by atomic mass is 10.1. The van der Waals surface area contributed by atoms with Gasteiger partial charge in [0.05, 0.1) is 16.8 Å². The molecule has 0 spiro atoms. The van der Waals surface area contributed by atoms with Crippen LogP contribution in [-0.4, -0.2) is 35.9 Å². The zero-order valence-corrected chi connectivity index (χ0v) is 14.7. The molecule has 0 aliphatic carbocycles. The molecule has 1 amide bonds. The summed E-state index contributed by atoms with van der Waals surface area (Å²) in [5.41, 5.74) is 2.05. The SMILES string of the molecule is CC1=NN(C)C(=O)C1N=Cc1ccc(Oc2ccc(C#N)c(C#N)c2)cc1. The van der Waals surface area contributed by atoms with Crippen LogP contribution in [0.4, 0.5) is 0 Å². The minimum absolute atomic E-state index is 0.155. The minimum atomic E-state index is -0.575. The lowest BCUT2D eigenvalue weighted by molar-refractivity contribution is -0.128. The van der Waals surface area contributed by atoms with Crippen LogP contribution < -0.4 is 4.74 Å². The summed E-state index contributed by atoms with van der Waals surface area (Å²) in [6.45, 7) is 1.77. The Morgan fingerprint density at radius 3 is 2.37 bits per heavy atom. The van der Waals surface area contributed by atoms with E-state index in [1.54, 1.807) is 44.5 Å². The van der Waals surface area contributed by atoms with Gasteiger partial charge in [-0.2, -0.15) is 15.6 Å². The van der Waals surface area contributed by atoms with Crippen LogP contribution in [0.5, 0.6) is 11.5 Å². The highest BCUT2D eigenvalue weighted by Gasteiger charge is 2.30. The van der Waals surface area contributed by atoms with Gasteiger partial charge >= 0.3 is 0 Å². The van der Waals surface area contributed by atoms with E-state index < -0.39 is 6.04 Å². The molecule has 0 radical (unpaired) electrons. The first-order valence-corrected chi connectivity index (χ1v) is 8.10. The fourth-order valence-electron chi connectivity index (χ4n) is 2.56. The van der Waals surface area contributed by atoms with Crippen molar-refractivity contribution >= 4 is 17.8 Å². The summed E-state index contributed by atoms with van der Waals surface area (Å²) in [6, 6.07) is 15.2. The Labute approximate surface area is 156 Å². The van der Waals surface area contributed by atoms with Crippen molar-refractivity contribution in [3.8, 4) is 23.6 Å². The molecule has 1 aliphatic rings. The van der Waals surface area contributed by atoms with Gasteiger partial charge in [-0.1, -0.05) is 0 Å². The molecule has 1 unspecified atom stereocenters. The monoisotopic (exact) mass is 357 g/mol. The maximum Gasteiger partial charge on any atom is 0.273 e. The Morgan fingerprint density at radius 1 is 1.11 bits per heavy atom. The van der Waals surface area contributed by atoms with Crippen LogP contribution in [0, 0.1) is 22.7 Å². The van der Waals surface area contributed by atoms with Crippen LogP contribution in [0.3, 0.4) is 0 Å². The molecular formula is C20H15N5O2. The number of hydrogen-bond acceptors (Lipinski definition) is 6. The summed E-state index contributed by atoms with van der Waals surface area (Å²) in [5, 5.41) is 23.4. The molecule has 2 aromatic carbocycles. The number of aliphatic imine (C=N–C) groups is 1. The number of likely N-dealkylation sites (N-methyl/N-ethyl adjacent to an activating group) is 1. The fraction of sp³-hybridized carbons (Fsp3) is 0.150. The van der Waals surface area contributed by atoms with Gasteiger partial charge in [-0.15, -0.1) is 0 Å². The van der Waals surface area contributed by atoms with Crippen LogP contribution in [0.1, 0.15) is 23.6 Å². The molecule has 3 rings (SSSR count). The van der Waals surface area contributed by atoms with Crippen LogP contribution in [0.25, 0.3) is 0 Å². The van der Waals surface area contributed by atoms with Crippen LogP contribution in [0.15, 0.2) is 52.6 Å². The highest BCUT2D eigenvalue weighted by molar-refractivity contribution is 6.11. The fourth-order valence-corrected chi connectivity index (χ4v) is 2.56. The predicted molar refractivity (Wildman–Crippen MR) is 99.6 cm³/mol. The van der Waals surface area contributed by atoms with Crippen molar-refractivity contribution in [3.63, 3.8) is 0 Å². The van der Waals surface area contributed by atoms with Gasteiger partial charge in [-0.3, -0.25) is 9.79 Å². The third-order valence-corrected chi connectivity index (χ3v) is 3.98. The van der Waals surface area contributed by atoms with Gasteiger partial charge in [0.25, 0.3) is 5.91 Å². The van der Waals surface area contributed by atoms with E-state index in [0.717, 1.165) is 5.56 Å². The molecule has 2 aromatic rings. The van der Waals surface area contributed by atoms with E-state index in [0.29, 0.717) is 22.8 Å². The number of rotatable bonds is 4. The second-order valence-corrected chi connectivity index (χ2v) is 5.89. The molecule has 27 heavy (non-hydrogen) atoms. The van der Waals surface area contributed by atoms with Gasteiger partial charge in [-0.25, -0.2) is 5.01 Å². The van der Waals surface area contributed by atoms with Crippen molar-refractivity contribution in [2.45, 2.75) is 13.0 Å². The smallest absolute Gasteiger partial charge is 0.273 e. The third kappa shape index (κ3) is 3.83. The maximum absolute atomic E-state index is 11.9. The van der Waals surface area contributed by atoms with E-state index in [-0.39, 0.29) is 11.5 Å². The van der Waals surface area contributed by atoms with Crippen molar-refractivity contribution in [2.24, 2.45) is 10.1 Å². The zero-order valence-electron chi connectivity index (χ0n) is 14.7. The van der Waals surface area contributed by atoms with Gasteiger partial charge in [0.1, 0.15) is 23.6 Å². The van der Waals surface area contributed by atoms with Crippen LogP contribution in [0.2, 0.25) is 0 Å². The van der Waals surface area contributed by atoms with Gasteiger partial charge in [0.2, 0.25) is 0 Å². The largest absolute Gasteiger partial charge is 0.457 e. The minimum Gasteiger partial charge on any atom is -0.457 e. The molecule has 0 saturated heterocycles. The average molecular weight is 357 g/mol. The molecule has 1 aliphatic heterocycles. The number of hydrazone groups is 1. The number of amides is 1. The Kier molecular flexibility index (Phi) is 4.96. The van der Waals surface area contributed by atoms with E-state index in [1.165, 1.54) is 11.1 Å². The molecule has 7 heteroatoms. The molecular weight excluding hydrogens is 342 g/mol. The van der Waals surface area contributed by atoms with E-state index in [1.807, 2.05) is 24.3 Å². The average Bonchev–Trinajstić information content (AvgIpc) is 2.92. The van der Waals surface area contributed by atoms with E-state index >= 15 is 0 Å². The molecule has 0 aromatic heterocycles. The molecule has 1 atom stereocenters. The van der Waals surface area contributed by atoms with Gasteiger partial charge < -0.3 is 4.74 Å². The molecule has 0 N–H and O–H groups in total. The molecule has 1 heterocycles. The Balaban J connectivity index is 1.70. The summed E-state index contributed by atoms with van der Waals surface area (Å²) in [7, 11) is 1.61. The highest BCUT2D eigenvalue weighted by atomic mass is 16.5. The Bertz CT molecular complexity index is 1030. The van der Waals surface area contributed by atoms with Crippen molar-refractivity contribution in [3.05, 3.63) is 59.2 Å². The first-order valence-electron chi connectivity index (χ1n) is 8.10. The second-order valence-electron chi connectivity index (χ2n) is 5.89. The predicted octanol–water partition coefficient (Wildman–Crippen LogP) is 2.86. The number of ether oxygens (including phenoxy) is 1. The van der Waals surface area contributed by atoms with Crippen molar-refractivity contribution < 1.29 is 9.53 Å². The van der Waals surface area contributed by atoms with E-state index in [4.69, 9.17) is 15.3 Å². The standard InChI is InChI=1S/C20H15N5O2/c1-13-19(20(26)25(2)24-13)23-12-14-3-6-17(7-4-14)27-18-8-5-15(10-21)16(9-18)11-22/h3-9,12,19H,1-2H3. The quantitative estimate of drug-likeness (QED) is 0.785. The van der Waals surface area contributed by atoms with E-state index in [2.05, 4.69) is 10.1 Å². The van der Waals surface area contributed by atoms with E-state index in [9.17, 15) is 4.79 Å². The first-order chi connectivity index (χ1) is 13.0. The van der Waals surface area contributed by atoms with Gasteiger partial charge in [0.15, 0.2) is 6.04 Å². The van der Waals surface area contributed by atoms with Gasteiger partial charge in [-0.05, 0) is 55.0 Å². The second kappa shape index (κ2) is 7.51. The van der Waals surface area contributed by atoms with Crippen LogP contribution in [-0.2, 0) is 4.79 Å². The lowest BCUT2D eigenvalue weighted by Crippen LogP contribution is -2.27. The highest BCUT2D eigenvalue weighted by Crippen LogP contribution is 2.24. The van der Waals surface area contributed by atoms with Crippen molar-refractivity contribution in [2.75, 3.05) is 7.05 Å². The number of nitriles is 2.